The van der Waals surface area contributed by atoms with Crippen molar-refractivity contribution >= 4 is 215 Å². The summed E-state index contributed by atoms with van der Waals surface area (Å²) in [6, 6.07) is 0. The van der Waals surface area contributed by atoms with Crippen LogP contribution in [0.3, 0.4) is 0 Å². The van der Waals surface area contributed by atoms with Crippen LogP contribution in [-0.2, 0) is 0 Å². The van der Waals surface area contributed by atoms with Gasteiger partial charge < -0.3 is 0 Å². The molecule has 0 aliphatic heterocycles. The fourth-order valence-electron chi connectivity index (χ4n) is 0. The monoisotopic (exact) mass is 178 g/mol. The van der Waals surface area contributed by atoms with E-state index in [1.807, 2.05) is 0 Å². The average Bonchev–Trinajstić information content (AvgIpc) is 0. The average molecular weight is 178 g/mol. The van der Waals surface area contributed by atoms with Crippen LogP contribution in [0.4, 0.5) is 0 Å². The summed E-state index contributed by atoms with van der Waals surface area (Å²) < 4.78 is 0. The zero-order chi connectivity index (χ0) is 0. The van der Waals surface area contributed by atoms with Crippen molar-refractivity contribution in [2.24, 2.45) is 0 Å². The molecule has 0 bridgehead atoms. The molecule has 0 nitrogen and oxygen atoms in total. The molecule has 0 fully saturated rings. The fraction of sp³-hybridized carbons (Fsp3) is 0. The van der Waals surface area contributed by atoms with Crippen LogP contribution in [0.15, 0.2) is 0 Å². The fourth-order valence-corrected chi connectivity index (χ4v) is 0. The molecule has 8 radical (unpaired) electrons. The van der Waals surface area contributed by atoms with E-state index >= 15 is 0 Å². The van der Waals surface area contributed by atoms with Crippen LogP contribution in [0.5, 0.6) is 0 Å². The zero-order valence-corrected chi connectivity index (χ0v) is 20.9. The van der Waals surface area contributed by atoms with Gasteiger partial charge in [0.2, 0.25) is 0 Å². The third kappa shape index (κ3) is 31.9. The standard InChI is InChI=1S/Ca.6Na. The Kier molecular flexibility index (Phi) is 257. The van der Waals surface area contributed by atoms with Crippen LogP contribution in [0, 0.1) is 0 Å². The molecular weight excluding hydrogens is 178 g/mol. The van der Waals surface area contributed by atoms with Crippen molar-refractivity contribution < 1.29 is 0 Å². The normalized spacial score (nSPS) is 0. The van der Waals surface area contributed by atoms with E-state index in [4.69, 9.17) is 0 Å². The van der Waals surface area contributed by atoms with Crippen molar-refractivity contribution in [3.63, 3.8) is 0 Å². The van der Waals surface area contributed by atoms with Gasteiger partial charge in [-0.3, -0.25) is 0 Å². The predicted octanol–water partition coefficient (Wildman–Crippen LogP) is -2.67. The third-order valence-electron chi connectivity index (χ3n) is 0. The van der Waals surface area contributed by atoms with Crippen molar-refractivity contribution in [3.05, 3.63) is 0 Å². The molecule has 0 heterocycles. The Hall–Kier alpha value is 7.26. The summed E-state index contributed by atoms with van der Waals surface area (Å²) in [5.41, 5.74) is 0. The zero-order valence-electron chi connectivity index (χ0n) is 6.71. The second-order valence-electron chi connectivity index (χ2n) is 0. The topological polar surface area (TPSA) is 0 Å². The molecule has 0 saturated carbocycles. The van der Waals surface area contributed by atoms with E-state index in [2.05, 4.69) is 0 Å². The molecule has 7 heavy (non-hydrogen) atoms. The number of hydrogen-bond acceptors (Lipinski definition) is 0. The minimum absolute atomic E-state index is 0. The van der Waals surface area contributed by atoms with E-state index < -0.39 is 0 Å². The van der Waals surface area contributed by atoms with E-state index in [0.29, 0.717) is 0 Å². The molecular formula is CaNa6. The Morgan fingerprint density at radius 3 is 0.286 bits per heavy atom. The maximum atomic E-state index is 0. The van der Waals surface area contributed by atoms with Crippen molar-refractivity contribution in [2.75, 3.05) is 0 Å². The first-order chi connectivity index (χ1) is 0. The number of hydrogen-bond donors (Lipinski definition) is 0. The van der Waals surface area contributed by atoms with Crippen LogP contribution < -0.4 is 0 Å². The maximum Gasteiger partial charge on any atom is 0 e. The molecule has 0 atom stereocenters. The maximum absolute atomic E-state index is 0. The smallest absolute Gasteiger partial charge is 0 e. The van der Waals surface area contributed by atoms with Gasteiger partial charge in [-0.05, 0) is 0 Å². The first-order valence-corrected chi connectivity index (χ1v) is 0. The van der Waals surface area contributed by atoms with E-state index in [1.54, 1.807) is 0 Å². The molecule has 0 N–H and O–H groups in total. The Labute approximate surface area is 208 Å². The van der Waals surface area contributed by atoms with Crippen molar-refractivity contribution in [1.82, 2.24) is 0 Å². The van der Waals surface area contributed by atoms with Gasteiger partial charge in [-0.25, -0.2) is 0 Å². The molecule has 0 spiro atoms. The molecule has 0 aliphatic carbocycles. The van der Waals surface area contributed by atoms with Crippen molar-refractivity contribution in [3.8, 4) is 0 Å². The molecule has 0 unspecified atom stereocenters. The Morgan fingerprint density at radius 1 is 0.286 bits per heavy atom. The van der Waals surface area contributed by atoms with Gasteiger partial charge in [0.25, 0.3) is 0 Å². The summed E-state index contributed by atoms with van der Waals surface area (Å²) in [6.07, 6.45) is 0. The Morgan fingerprint density at radius 2 is 0.286 bits per heavy atom. The predicted molar refractivity (Wildman–Crippen MR) is 40.3 cm³/mol. The summed E-state index contributed by atoms with van der Waals surface area (Å²) in [6.45, 7) is 0. The second kappa shape index (κ2) is 37.8. The van der Waals surface area contributed by atoms with Crippen LogP contribution in [-0.4, -0.2) is 215 Å². The molecule has 0 aromatic rings. The number of rotatable bonds is 0. The second-order valence-corrected chi connectivity index (χ2v) is 0. The quantitative estimate of drug-likeness (QED) is 0.355. The molecule has 0 aromatic carbocycles. The van der Waals surface area contributed by atoms with Gasteiger partial charge in [0.15, 0.2) is 0 Å². The molecule has 0 aliphatic rings. The van der Waals surface area contributed by atoms with Gasteiger partial charge in [-0.15, -0.1) is 0 Å². The van der Waals surface area contributed by atoms with Gasteiger partial charge >= 0.3 is 0 Å². The minimum atomic E-state index is 0. The Bertz CT molecular complexity index is 4.14. The van der Waals surface area contributed by atoms with E-state index in [0.717, 1.165) is 0 Å². The van der Waals surface area contributed by atoms with Gasteiger partial charge in [0.05, 0.1) is 0 Å². The van der Waals surface area contributed by atoms with Crippen LogP contribution >= 0.6 is 0 Å². The van der Waals surface area contributed by atoms with Gasteiger partial charge in [-0.2, -0.15) is 0 Å². The minimum Gasteiger partial charge on any atom is 0 e. The van der Waals surface area contributed by atoms with Gasteiger partial charge in [0.1, 0.15) is 0 Å². The van der Waals surface area contributed by atoms with Crippen LogP contribution in [0.1, 0.15) is 0 Å². The van der Waals surface area contributed by atoms with E-state index in [9.17, 15) is 0 Å². The molecule has 8 valence electrons. The summed E-state index contributed by atoms with van der Waals surface area (Å²) in [5, 5.41) is 0. The van der Waals surface area contributed by atoms with E-state index in [1.165, 1.54) is 0 Å². The Balaban J connectivity index is 0. The molecule has 0 rings (SSSR count). The van der Waals surface area contributed by atoms with Gasteiger partial charge in [0, 0.05) is 215 Å². The van der Waals surface area contributed by atoms with Crippen LogP contribution in [0.2, 0.25) is 0 Å². The third-order valence-corrected chi connectivity index (χ3v) is 0. The first kappa shape index (κ1) is 47.6. The van der Waals surface area contributed by atoms with Crippen LogP contribution in [0.25, 0.3) is 0 Å². The van der Waals surface area contributed by atoms with Crippen molar-refractivity contribution in [1.29, 1.82) is 0 Å². The SMILES string of the molecule is [Ca].[Na].[Na].[Na].[Na].[Na].[Na]. The summed E-state index contributed by atoms with van der Waals surface area (Å²) in [4.78, 5) is 0. The first-order valence-electron chi connectivity index (χ1n) is 0. The summed E-state index contributed by atoms with van der Waals surface area (Å²) >= 11 is 0. The van der Waals surface area contributed by atoms with Gasteiger partial charge in [-0.1, -0.05) is 0 Å². The molecule has 7 heteroatoms. The summed E-state index contributed by atoms with van der Waals surface area (Å²) in [7, 11) is 0. The molecule has 0 aromatic heterocycles. The van der Waals surface area contributed by atoms with Crippen molar-refractivity contribution in [2.45, 2.75) is 0 Å². The summed E-state index contributed by atoms with van der Waals surface area (Å²) in [5.74, 6) is 0. The van der Waals surface area contributed by atoms with E-state index in [-0.39, 0.29) is 215 Å². The molecule has 0 amide bonds. The largest absolute Gasteiger partial charge is 0 e. The molecule has 0 saturated heterocycles.